The van der Waals surface area contributed by atoms with Crippen molar-refractivity contribution in [3.05, 3.63) is 47.7 Å². The minimum absolute atomic E-state index is 0.0177. The highest BCUT2D eigenvalue weighted by molar-refractivity contribution is 5.98. The van der Waals surface area contributed by atoms with Gasteiger partial charge in [0.25, 0.3) is 0 Å². The highest BCUT2D eigenvalue weighted by Gasteiger charge is 2.43. The maximum atomic E-state index is 14.1. The standard InChI is InChI=1S/C34H44F2N6O9/c1-5-50-13-10-28(43)38-24(16-21-14-22(35)17-23(36)15-21)30(45)39-25-18-51-34(49)27-9-7-12-42(27)31(46)19(2)37-29(44)20(3)40(4)33(48)26-8-6-11-41(26)32(25)47/h10,13-15,17,19-20,24-27H,5-9,11-12,16,18H2,1-4H3,(H,37,44)(H,38,43)(H,39,45)/b13-10+/t19-,20-,24-,25-,26-,27-/m0/s1. The summed E-state index contributed by atoms with van der Waals surface area (Å²) >= 11 is 0. The Balaban J connectivity index is 1.67. The third-order valence-corrected chi connectivity index (χ3v) is 9.15. The maximum absolute atomic E-state index is 14.1. The molecule has 3 N–H and O–H groups in total. The van der Waals surface area contributed by atoms with Gasteiger partial charge in [-0.1, -0.05) is 0 Å². The fraction of sp³-hybridized carbons (Fsp3) is 0.559. The number of nitrogens with zero attached hydrogens (tertiary/aromatic N) is 3. The van der Waals surface area contributed by atoms with Crippen LogP contribution in [0.2, 0.25) is 0 Å². The second-order valence-corrected chi connectivity index (χ2v) is 12.7. The van der Waals surface area contributed by atoms with Crippen LogP contribution in [0.5, 0.6) is 0 Å². The first-order chi connectivity index (χ1) is 24.2. The number of cyclic esters (lactones) is 1. The summed E-state index contributed by atoms with van der Waals surface area (Å²) in [6.45, 7) is 4.52. The zero-order chi connectivity index (χ0) is 37.4. The van der Waals surface area contributed by atoms with Gasteiger partial charge >= 0.3 is 5.97 Å². The van der Waals surface area contributed by atoms with E-state index in [0.29, 0.717) is 18.9 Å². The van der Waals surface area contributed by atoms with Crippen LogP contribution in [0, 0.1) is 11.6 Å². The Kier molecular flexibility index (Phi) is 13.1. The summed E-state index contributed by atoms with van der Waals surface area (Å²) in [6.07, 6.45) is 3.08. The lowest BCUT2D eigenvalue weighted by molar-refractivity contribution is -0.158. The minimum Gasteiger partial charge on any atom is -0.501 e. The molecule has 3 saturated heterocycles. The molecule has 6 atom stereocenters. The van der Waals surface area contributed by atoms with Gasteiger partial charge in [0, 0.05) is 38.7 Å². The largest absolute Gasteiger partial charge is 0.501 e. The first kappa shape index (κ1) is 38.7. The van der Waals surface area contributed by atoms with Gasteiger partial charge in [0.15, 0.2) is 0 Å². The van der Waals surface area contributed by atoms with Gasteiger partial charge < -0.3 is 40.1 Å². The second kappa shape index (κ2) is 17.2. The van der Waals surface area contributed by atoms with E-state index in [1.807, 2.05) is 0 Å². The molecule has 1 aromatic carbocycles. The molecule has 0 radical (unpaired) electrons. The lowest BCUT2D eigenvalue weighted by atomic mass is 10.0. The molecule has 3 aliphatic rings. The Hall–Kier alpha value is -5.09. The minimum atomic E-state index is -1.58. The number of likely N-dealkylation sites (N-methyl/N-ethyl adjacent to an activating group) is 1. The van der Waals surface area contributed by atoms with Gasteiger partial charge in [0.2, 0.25) is 35.4 Å². The summed E-state index contributed by atoms with van der Waals surface area (Å²) < 4.78 is 38.7. The molecule has 3 heterocycles. The van der Waals surface area contributed by atoms with Crippen molar-refractivity contribution in [3.8, 4) is 0 Å². The first-order valence-corrected chi connectivity index (χ1v) is 16.9. The summed E-state index contributed by atoms with van der Waals surface area (Å²) in [5.41, 5.74) is 0.0177. The summed E-state index contributed by atoms with van der Waals surface area (Å²) in [5.74, 6) is -6.91. The second-order valence-electron chi connectivity index (χ2n) is 12.7. The highest BCUT2D eigenvalue weighted by atomic mass is 19.1. The first-order valence-electron chi connectivity index (χ1n) is 16.9. The number of ether oxygens (including phenoxy) is 2. The van der Waals surface area contributed by atoms with E-state index in [4.69, 9.17) is 9.47 Å². The Morgan fingerprint density at radius 3 is 2.25 bits per heavy atom. The number of carbonyl (C=O) groups is 7. The Morgan fingerprint density at radius 1 is 0.980 bits per heavy atom. The molecule has 1 aromatic rings. The van der Waals surface area contributed by atoms with Crippen LogP contribution in [0.1, 0.15) is 52.0 Å². The molecule has 15 nitrogen and oxygen atoms in total. The predicted molar refractivity (Wildman–Crippen MR) is 175 cm³/mol. The van der Waals surface area contributed by atoms with Crippen LogP contribution in [-0.2, 0) is 49.5 Å². The van der Waals surface area contributed by atoms with Crippen molar-refractivity contribution in [1.82, 2.24) is 30.7 Å². The quantitative estimate of drug-likeness (QED) is 0.188. The Bertz CT molecular complexity index is 1540. The molecular weight excluding hydrogens is 674 g/mol. The van der Waals surface area contributed by atoms with Crippen molar-refractivity contribution >= 4 is 41.4 Å². The van der Waals surface area contributed by atoms with Crippen LogP contribution in [0.25, 0.3) is 0 Å². The van der Waals surface area contributed by atoms with Crippen molar-refractivity contribution in [1.29, 1.82) is 0 Å². The zero-order valence-electron chi connectivity index (χ0n) is 29.0. The number of hydrogen-bond acceptors (Lipinski definition) is 9. The van der Waals surface area contributed by atoms with E-state index in [2.05, 4.69) is 16.0 Å². The lowest BCUT2D eigenvalue weighted by Crippen LogP contribution is -2.60. The molecule has 278 valence electrons. The van der Waals surface area contributed by atoms with Crippen LogP contribution >= 0.6 is 0 Å². The summed E-state index contributed by atoms with van der Waals surface area (Å²) in [7, 11) is 1.41. The summed E-state index contributed by atoms with van der Waals surface area (Å²) in [4.78, 5) is 97.9. The van der Waals surface area contributed by atoms with E-state index in [0.717, 1.165) is 24.5 Å². The van der Waals surface area contributed by atoms with Gasteiger partial charge in [-0.05, 0) is 64.2 Å². The van der Waals surface area contributed by atoms with Crippen molar-refractivity contribution in [2.75, 3.05) is 33.4 Å². The number of hydrogen-bond donors (Lipinski definition) is 3. The normalized spacial score (nSPS) is 25.6. The number of halogens is 2. The fourth-order valence-electron chi connectivity index (χ4n) is 6.32. The van der Waals surface area contributed by atoms with Gasteiger partial charge in [-0.15, -0.1) is 0 Å². The summed E-state index contributed by atoms with van der Waals surface area (Å²) in [5, 5.41) is 7.56. The lowest BCUT2D eigenvalue weighted by Gasteiger charge is -2.34. The van der Waals surface area contributed by atoms with E-state index in [1.165, 1.54) is 35.6 Å². The van der Waals surface area contributed by atoms with Crippen molar-refractivity contribution in [2.45, 2.75) is 89.1 Å². The molecule has 0 saturated carbocycles. The molecule has 0 spiro atoms. The van der Waals surface area contributed by atoms with Crippen molar-refractivity contribution in [2.24, 2.45) is 0 Å². The van der Waals surface area contributed by atoms with E-state index in [1.54, 1.807) is 6.92 Å². The van der Waals surface area contributed by atoms with E-state index < -0.39 is 102 Å². The predicted octanol–water partition coefficient (Wildman–Crippen LogP) is -0.0825. The topological polar surface area (TPSA) is 184 Å². The highest BCUT2D eigenvalue weighted by Crippen LogP contribution is 2.23. The van der Waals surface area contributed by atoms with Gasteiger partial charge in [-0.25, -0.2) is 13.6 Å². The number of nitrogens with one attached hydrogen (secondary N) is 3. The van der Waals surface area contributed by atoms with Crippen LogP contribution < -0.4 is 16.0 Å². The smallest absolute Gasteiger partial charge is 0.328 e. The fourth-order valence-corrected chi connectivity index (χ4v) is 6.32. The third-order valence-electron chi connectivity index (χ3n) is 9.15. The third kappa shape index (κ3) is 9.58. The monoisotopic (exact) mass is 718 g/mol. The zero-order valence-corrected chi connectivity index (χ0v) is 29.0. The van der Waals surface area contributed by atoms with Crippen LogP contribution in [-0.4, -0.2) is 126 Å². The molecule has 0 aliphatic carbocycles. The Morgan fingerprint density at radius 2 is 1.61 bits per heavy atom. The molecule has 51 heavy (non-hydrogen) atoms. The number of benzene rings is 1. The SMILES string of the molecule is CCO/C=C/C(=O)N[C@@H](Cc1cc(F)cc(F)c1)C(=O)N[C@H]1COC(=O)[C@@H]2CCCN2C(=O)[C@H](C)NC(=O)[C@H](C)N(C)C(=O)[C@@H]2CCCN2C1=O. The van der Waals surface area contributed by atoms with Crippen LogP contribution in [0.4, 0.5) is 8.78 Å². The average Bonchev–Trinajstić information content (AvgIpc) is 3.78. The molecule has 0 aromatic heterocycles. The van der Waals surface area contributed by atoms with E-state index in [9.17, 15) is 42.3 Å². The molecule has 0 unspecified atom stereocenters. The maximum Gasteiger partial charge on any atom is 0.328 e. The van der Waals surface area contributed by atoms with Crippen LogP contribution in [0.3, 0.4) is 0 Å². The number of esters is 1. The molecule has 17 heteroatoms. The van der Waals surface area contributed by atoms with E-state index in [-0.39, 0.29) is 38.1 Å². The number of fused-ring (bicyclic) bond motifs is 2. The molecule has 6 amide bonds. The average molecular weight is 719 g/mol. The molecular formula is C34H44F2N6O9. The van der Waals surface area contributed by atoms with Crippen molar-refractivity contribution in [3.63, 3.8) is 0 Å². The number of rotatable bonds is 8. The molecule has 4 rings (SSSR count). The van der Waals surface area contributed by atoms with Crippen molar-refractivity contribution < 1.29 is 51.8 Å². The number of carbonyl (C=O) groups excluding carboxylic acids is 7. The van der Waals surface area contributed by atoms with E-state index >= 15 is 0 Å². The molecule has 3 aliphatic heterocycles. The van der Waals surface area contributed by atoms with Gasteiger partial charge in [0.05, 0.1) is 12.9 Å². The Labute approximate surface area is 294 Å². The molecule has 3 fully saturated rings. The summed E-state index contributed by atoms with van der Waals surface area (Å²) in [6, 6.07) is -4.56. The van der Waals surface area contributed by atoms with Gasteiger partial charge in [0.1, 0.15) is 54.5 Å². The van der Waals surface area contributed by atoms with Crippen LogP contribution in [0.15, 0.2) is 30.5 Å². The molecule has 0 bridgehead atoms. The number of amides is 6. The van der Waals surface area contributed by atoms with Gasteiger partial charge in [-0.2, -0.15) is 0 Å². The van der Waals surface area contributed by atoms with Gasteiger partial charge in [-0.3, -0.25) is 28.8 Å².